The number of aromatic nitrogens is 2. The molecule has 0 saturated carbocycles. The summed E-state index contributed by atoms with van der Waals surface area (Å²) in [6.07, 6.45) is 1.77. The first-order valence-corrected chi connectivity index (χ1v) is 10.5. The minimum Gasteiger partial charge on any atom is -0.448 e. The zero-order valence-corrected chi connectivity index (χ0v) is 17.7. The Bertz CT molecular complexity index is 1110. The van der Waals surface area contributed by atoms with Crippen molar-refractivity contribution >= 4 is 29.3 Å². The number of nitrogens with zero attached hydrogens (tertiary/aromatic N) is 2. The second kappa shape index (κ2) is 10.2. The van der Waals surface area contributed by atoms with Crippen LogP contribution in [0.3, 0.4) is 0 Å². The number of imidazole rings is 1. The van der Waals surface area contributed by atoms with E-state index in [4.69, 9.17) is 4.74 Å². The lowest BCUT2D eigenvalue weighted by Gasteiger charge is -2.16. The maximum Gasteiger partial charge on any atom is 0.387 e. The maximum atomic E-state index is 13.3. The van der Waals surface area contributed by atoms with Gasteiger partial charge in [-0.1, -0.05) is 23.9 Å². The molecule has 1 unspecified atom stereocenters. The maximum absolute atomic E-state index is 13.3. The van der Waals surface area contributed by atoms with Gasteiger partial charge < -0.3 is 14.8 Å². The Balaban J connectivity index is 1.76. The van der Waals surface area contributed by atoms with Crippen LogP contribution in [0.25, 0.3) is 5.69 Å². The molecule has 0 bridgehead atoms. The highest BCUT2D eigenvalue weighted by Crippen LogP contribution is 2.26. The average molecular weight is 465 g/mol. The van der Waals surface area contributed by atoms with Crippen LogP contribution in [0, 0.1) is 5.82 Å². The van der Waals surface area contributed by atoms with Gasteiger partial charge in [0.2, 0.25) is 0 Å². The Morgan fingerprint density at radius 3 is 2.47 bits per heavy atom. The van der Waals surface area contributed by atoms with Gasteiger partial charge in [0.05, 0.1) is 11.9 Å². The second-order valence-electron chi connectivity index (χ2n) is 6.35. The number of halogens is 3. The van der Waals surface area contributed by atoms with Crippen molar-refractivity contribution in [1.29, 1.82) is 0 Å². The summed E-state index contributed by atoms with van der Waals surface area (Å²) in [5, 5.41) is 2.86. The number of carbonyl (C=O) groups excluding carboxylic acids is 2. The van der Waals surface area contributed by atoms with E-state index in [9.17, 15) is 22.8 Å². The summed E-state index contributed by atoms with van der Waals surface area (Å²) in [7, 11) is 0. The lowest BCUT2D eigenvalue weighted by Crippen LogP contribution is -2.30. The quantitative estimate of drug-likeness (QED) is 0.389. The van der Waals surface area contributed by atoms with Crippen molar-refractivity contribution in [2.75, 3.05) is 11.6 Å². The van der Waals surface area contributed by atoms with Crippen LogP contribution in [0.5, 0.6) is 5.75 Å². The van der Waals surface area contributed by atoms with E-state index in [2.05, 4.69) is 15.0 Å². The molecule has 0 spiro atoms. The van der Waals surface area contributed by atoms with E-state index in [1.165, 1.54) is 78.0 Å². The zero-order chi connectivity index (χ0) is 23.3. The Kier molecular flexibility index (Phi) is 7.41. The van der Waals surface area contributed by atoms with Gasteiger partial charge in [0, 0.05) is 5.69 Å². The summed E-state index contributed by atoms with van der Waals surface area (Å²) < 4.78 is 49.5. The van der Waals surface area contributed by atoms with Crippen molar-refractivity contribution in [3.63, 3.8) is 0 Å². The highest BCUT2D eigenvalue weighted by Gasteiger charge is 2.24. The van der Waals surface area contributed by atoms with Crippen LogP contribution in [0.15, 0.2) is 59.9 Å². The predicted molar refractivity (Wildman–Crippen MR) is 112 cm³/mol. The lowest BCUT2D eigenvalue weighted by atomic mass is 10.2. The number of amides is 1. The van der Waals surface area contributed by atoms with Crippen LogP contribution in [0.1, 0.15) is 17.4 Å². The Morgan fingerprint density at radius 2 is 1.81 bits per heavy atom. The Hall–Kier alpha value is -3.47. The summed E-state index contributed by atoms with van der Waals surface area (Å²) in [6.45, 7) is -1.74. The Morgan fingerprint density at radius 1 is 1.12 bits per heavy atom. The SMILES string of the molecule is CSc1ncc(C(=O)OC(C)C(=O)Nc2ccccc2OC(F)F)n1-c1ccc(F)cc1. The molecule has 1 amide bonds. The first kappa shape index (κ1) is 23.2. The molecule has 2 aromatic carbocycles. The molecule has 1 N–H and O–H groups in total. The largest absolute Gasteiger partial charge is 0.448 e. The standard InChI is InChI=1S/C21H18F3N3O4S/c1-12(18(28)26-15-5-3-4-6-17(15)31-20(23)24)30-19(29)16-11-25-21(32-2)27(16)14-9-7-13(22)8-10-14/h3-12,20H,1-2H3,(H,26,28). The molecule has 0 radical (unpaired) electrons. The number of thioether (sulfide) groups is 1. The van der Waals surface area contributed by atoms with Gasteiger partial charge >= 0.3 is 12.6 Å². The van der Waals surface area contributed by atoms with Crippen LogP contribution in [-0.2, 0) is 9.53 Å². The van der Waals surface area contributed by atoms with Gasteiger partial charge in [-0.15, -0.1) is 0 Å². The average Bonchev–Trinajstić information content (AvgIpc) is 3.19. The van der Waals surface area contributed by atoms with E-state index in [0.29, 0.717) is 10.8 Å². The molecule has 0 aliphatic rings. The number of anilines is 1. The third-order valence-electron chi connectivity index (χ3n) is 4.22. The number of alkyl halides is 2. The van der Waals surface area contributed by atoms with Crippen LogP contribution < -0.4 is 10.1 Å². The molecule has 0 aliphatic heterocycles. The topological polar surface area (TPSA) is 82.4 Å². The fraction of sp³-hybridized carbons (Fsp3) is 0.190. The van der Waals surface area contributed by atoms with E-state index < -0.39 is 30.4 Å². The minimum absolute atomic E-state index is 0.00159. The van der Waals surface area contributed by atoms with E-state index in [-0.39, 0.29) is 17.1 Å². The van der Waals surface area contributed by atoms with Crippen molar-refractivity contribution in [2.24, 2.45) is 0 Å². The van der Waals surface area contributed by atoms with Gasteiger partial charge in [-0.05, 0) is 49.6 Å². The summed E-state index contributed by atoms with van der Waals surface area (Å²) in [4.78, 5) is 29.4. The monoisotopic (exact) mass is 465 g/mol. The van der Waals surface area contributed by atoms with Crippen molar-refractivity contribution in [2.45, 2.75) is 24.8 Å². The summed E-state index contributed by atoms with van der Waals surface area (Å²) >= 11 is 1.26. The number of esters is 1. The molecule has 0 fully saturated rings. The molecule has 0 saturated heterocycles. The number of carbonyl (C=O) groups is 2. The molecule has 1 atom stereocenters. The summed E-state index contributed by atoms with van der Waals surface area (Å²) in [6, 6.07) is 11.1. The number of nitrogens with one attached hydrogen (secondary N) is 1. The van der Waals surface area contributed by atoms with Crippen LogP contribution in [0.2, 0.25) is 0 Å². The van der Waals surface area contributed by atoms with Crippen molar-refractivity contribution < 1.29 is 32.2 Å². The summed E-state index contributed by atoms with van der Waals surface area (Å²) in [5.41, 5.74) is 0.513. The van der Waals surface area contributed by atoms with Gasteiger partial charge in [-0.25, -0.2) is 14.2 Å². The predicted octanol–water partition coefficient (Wildman–Crippen LogP) is 4.52. The first-order valence-electron chi connectivity index (χ1n) is 9.23. The molecular formula is C21H18F3N3O4S. The second-order valence-corrected chi connectivity index (χ2v) is 7.13. The number of hydrogen-bond donors (Lipinski definition) is 1. The van der Waals surface area contributed by atoms with Gasteiger partial charge in [0.25, 0.3) is 5.91 Å². The van der Waals surface area contributed by atoms with Gasteiger partial charge in [-0.2, -0.15) is 8.78 Å². The van der Waals surface area contributed by atoms with E-state index >= 15 is 0 Å². The molecular weight excluding hydrogens is 447 g/mol. The van der Waals surface area contributed by atoms with Gasteiger partial charge in [0.1, 0.15) is 11.6 Å². The lowest BCUT2D eigenvalue weighted by molar-refractivity contribution is -0.123. The Labute approximate surface area is 185 Å². The fourth-order valence-corrected chi connectivity index (χ4v) is 3.28. The molecule has 3 rings (SSSR count). The summed E-state index contributed by atoms with van der Waals surface area (Å²) in [5.74, 6) is -2.26. The minimum atomic E-state index is -3.07. The van der Waals surface area contributed by atoms with E-state index in [1.54, 1.807) is 6.26 Å². The van der Waals surface area contributed by atoms with Crippen molar-refractivity contribution in [3.05, 3.63) is 66.2 Å². The van der Waals surface area contributed by atoms with Crippen LogP contribution in [0.4, 0.5) is 18.9 Å². The molecule has 3 aromatic rings. The highest BCUT2D eigenvalue weighted by atomic mass is 32.2. The number of rotatable bonds is 8. The molecule has 1 aromatic heterocycles. The third kappa shape index (κ3) is 5.41. The van der Waals surface area contributed by atoms with Gasteiger partial charge in [-0.3, -0.25) is 9.36 Å². The molecule has 7 nitrogen and oxygen atoms in total. The number of hydrogen-bond acceptors (Lipinski definition) is 6. The fourth-order valence-electron chi connectivity index (χ4n) is 2.74. The smallest absolute Gasteiger partial charge is 0.387 e. The van der Waals surface area contributed by atoms with Crippen molar-refractivity contribution in [1.82, 2.24) is 9.55 Å². The normalized spacial score (nSPS) is 11.8. The zero-order valence-electron chi connectivity index (χ0n) is 16.9. The van der Waals surface area contributed by atoms with Crippen molar-refractivity contribution in [3.8, 4) is 11.4 Å². The molecule has 1 heterocycles. The number of para-hydroxylation sites is 2. The number of ether oxygens (including phenoxy) is 2. The molecule has 11 heteroatoms. The van der Waals surface area contributed by atoms with Crippen LogP contribution >= 0.6 is 11.8 Å². The molecule has 32 heavy (non-hydrogen) atoms. The molecule has 168 valence electrons. The molecule has 0 aliphatic carbocycles. The highest BCUT2D eigenvalue weighted by molar-refractivity contribution is 7.98. The van der Waals surface area contributed by atoms with Crippen LogP contribution in [-0.4, -0.2) is 40.4 Å². The first-order chi connectivity index (χ1) is 15.3. The van der Waals surface area contributed by atoms with Gasteiger partial charge in [0.15, 0.2) is 17.0 Å². The number of benzene rings is 2. The van der Waals surface area contributed by atoms with E-state index in [0.717, 1.165) is 0 Å². The van der Waals surface area contributed by atoms with E-state index in [1.807, 2.05) is 0 Å². The third-order valence-corrected chi connectivity index (χ3v) is 4.87.